The second-order valence-electron chi connectivity index (χ2n) is 4.98. The zero-order valence-electron chi connectivity index (χ0n) is 8.99. The first-order valence-electron chi connectivity index (χ1n) is 5.79. The summed E-state index contributed by atoms with van der Waals surface area (Å²) >= 11 is 5.89. The van der Waals surface area contributed by atoms with Gasteiger partial charge in [0.2, 0.25) is 0 Å². The van der Waals surface area contributed by atoms with E-state index in [0.717, 1.165) is 11.7 Å². The Morgan fingerprint density at radius 1 is 1.33 bits per heavy atom. The Balaban J connectivity index is 1.89. The first-order valence-corrected chi connectivity index (χ1v) is 6.32. The average Bonchev–Trinajstić information content (AvgIpc) is 2.94. The topological polar surface area (TPSA) is 30.7 Å². The van der Waals surface area contributed by atoms with Crippen LogP contribution in [0.2, 0.25) is 0 Å². The summed E-state index contributed by atoms with van der Waals surface area (Å²) in [5.74, 6) is 4.16. The predicted octanol–water partition coefficient (Wildman–Crippen LogP) is 2.87. The fourth-order valence-corrected chi connectivity index (χ4v) is 2.73. The highest BCUT2D eigenvalue weighted by molar-refractivity contribution is 6.16. The van der Waals surface area contributed by atoms with Gasteiger partial charge in [0.05, 0.1) is 5.88 Å². The van der Waals surface area contributed by atoms with E-state index in [1.807, 2.05) is 0 Å². The van der Waals surface area contributed by atoms with Gasteiger partial charge < -0.3 is 4.57 Å². The molecule has 82 valence electrons. The van der Waals surface area contributed by atoms with Gasteiger partial charge in [-0.1, -0.05) is 6.92 Å². The smallest absolute Gasteiger partial charge is 0.148 e. The second-order valence-corrected chi connectivity index (χ2v) is 5.25. The van der Waals surface area contributed by atoms with E-state index in [-0.39, 0.29) is 0 Å². The van der Waals surface area contributed by atoms with E-state index in [2.05, 4.69) is 21.7 Å². The van der Waals surface area contributed by atoms with Crippen molar-refractivity contribution in [3.8, 4) is 0 Å². The third-order valence-corrected chi connectivity index (χ3v) is 3.80. The molecule has 0 unspecified atom stereocenters. The summed E-state index contributed by atoms with van der Waals surface area (Å²) < 4.78 is 2.31. The van der Waals surface area contributed by atoms with Crippen molar-refractivity contribution in [2.75, 3.05) is 0 Å². The van der Waals surface area contributed by atoms with Gasteiger partial charge in [-0.3, -0.25) is 0 Å². The van der Waals surface area contributed by atoms with Crippen LogP contribution in [0.1, 0.15) is 56.2 Å². The molecule has 0 bridgehead atoms. The molecule has 2 aliphatic carbocycles. The van der Waals surface area contributed by atoms with Crippen molar-refractivity contribution in [1.82, 2.24) is 14.8 Å². The zero-order valence-corrected chi connectivity index (χ0v) is 9.74. The van der Waals surface area contributed by atoms with Gasteiger partial charge in [0, 0.05) is 12.0 Å². The van der Waals surface area contributed by atoms with E-state index >= 15 is 0 Å². The van der Waals surface area contributed by atoms with E-state index in [9.17, 15) is 0 Å². The van der Waals surface area contributed by atoms with Gasteiger partial charge in [-0.25, -0.2) is 0 Å². The Morgan fingerprint density at radius 2 is 2.07 bits per heavy atom. The lowest BCUT2D eigenvalue weighted by Gasteiger charge is -2.32. The molecule has 2 aliphatic rings. The third-order valence-electron chi connectivity index (χ3n) is 3.56. The molecule has 1 heterocycles. The zero-order chi connectivity index (χ0) is 10.4. The Morgan fingerprint density at radius 3 is 2.60 bits per heavy atom. The van der Waals surface area contributed by atoms with Crippen LogP contribution in [0, 0.1) is 5.92 Å². The highest BCUT2D eigenvalue weighted by Crippen LogP contribution is 2.44. The molecule has 0 N–H and O–H groups in total. The molecular formula is C11H16ClN3. The minimum absolute atomic E-state index is 0.492. The van der Waals surface area contributed by atoms with E-state index in [0.29, 0.717) is 17.8 Å². The number of aromatic nitrogens is 3. The maximum absolute atomic E-state index is 5.89. The molecule has 3 nitrogen and oxygen atoms in total. The van der Waals surface area contributed by atoms with Gasteiger partial charge in [-0.2, -0.15) is 0 Å². The van der Waals surface area contributed by atoms with E-state index in [1.54, 1.807) is 0 Å². The molecule has 2 fully saturated rings. The second kappa shape index (κ2) is 3.48. The SMILES string of the molecule is CC1CC(c2nnc(CCl)n2C2CC2)C1. The number of hydrogen-bond acceptors (Lipinski definition) is 2. The molecule has 4 heteroatoms. The van der Waals surface area contributed by atoms with Crippen LogP contribution in [0.15, 0.2) is 0 Å². The van der Waals surface area contributed by atoms with Crippen LogP contribution in [-0.4, -0.2) is 14.8 Å². The average molecular weight is 226 g/mol. The summed E-state index contributed by atoms with van der Waals surface area (Å²) in [6.07, 6.45) is 5.09. The van der Waals surface area contributed by atoms with Crippen molar-refractivity contribution in [2.45, 2.75) is 50.4 Å². The molecule has 0 amide bonds. The monoisotopic (exact) mass is 225 g/mol. The van der Waals surface area contributed by atoms with Crippen LogP contribution in [0.5, 0.6) is 0 Å². The van der Waals surface area contributed by atoms with Crippen LogP contribution in [0.25, 0.3) is 0 Å². The van der Waals surface area contributed by atoms with Gasteiger partial charge >= 0.3 is 0 Å². The number of rotatable bonds is 3. The molecule has 0 saturated heterocycles. The van der Waals surface area contributed by atoms with Crippen LogP contribution in [0.3, 0.4) is 0 Å². The molecule has 0 radical (unpaired) electrons. The fourth-order valence-electron chi connectivity index (χ4n) is 2.55. The molecule has 2 saturated carbocycles. The van der Waals surface area contributed by atoms with Crippen molar-refractivity contribution >= 4 is 11.6 Å². The quantitative estimate of drug-likeness (QED) is 0.741. The molecule has 1 aromatic rings. The van der Waals surface area contributed by atoms with Crippen molar-refractivity contribution in [2.24, 2.45) is 5.92 Å². The minimum Gasteiger partial charge on any atom is -0.311 e. The van der Waals surface area contributed by atoms with Gasteiger partial charge in [0.15, 0.2) is 0 Å². The maximum Gasteiger partial charge on any atom is 0.148 e. The standard InChI is InChI=1S/C11H16ClN3/c1-7-4-8(5-7)11-14-13-10(6-12)15(11)9-2-3-9/h7-9H,2-6H2,1H3. The molecule has 0 aromatic carbocycles. The van der Waals surface area contributed by atoms with Crippen molar-refractivity contribution in [3.63, 3.8) is 0 Å². The van der Waals surface area contributed by atoms with Gasteiger partial charge in [-0.05, 0) is 31.6 Å². The summed E-state index contributed by atoms with van der Waals surface area (Å²) in [7, 11) is 0. The Kier molecular flexibility index (Phi) is 2.23. The Hall–Kier alpha value is -0.570. The lowest BCUT2D eigenvalue weighted by atomic mass is 9.75. The highest BCUT2D eigenvalue weighted by Gasteiger charge is 2.36. The molecule has 0 spiro atoms. The normalized spacial score (nSPS) is 30.3. The van der Waals surface area contributed by atoms with Crippen LogP contribution in [0.4, 0.5) is 0 Å². The van der Waals surface area contributed by atoms with Crippen LogP contribution < -0.4 is 0 Å². The lowest BCUT2D eigenvalue weighted by Crippen LogP contribution is -2.22. The van der Waals surface area contributed by atoms with Crippen molar-refractivity contribution in [3.05, 3.63) is 11.6 Å². The van der Waals surface area contributed by atoms with E-state index < -0.39 is 0 Å². The van der Waals surface area contributed by atoms with Crippen LogP contribution in [-0.2, 0) is 5.88 Å². The predicted molar refractivity (Wildman–Crippen MR) is 59.0 cm³/mol. The number of alkyl halides is 1. The molecule has 0 atom stereocenters. The number of halogens is 1. The molecule has 0 aliphatic heterocycles. The molecule has 1 aromatic heterocycles. The van der Waals surface area contributed by atoms with E-state index in [1.165, 1.54) is 31.5 Å². The van der Waals surface area contributed by atoms with Crippen LogP contribution >= 0.6 is 11.6 Å². The summed E-state index contributed by atoms with van der Waals surface area (Å²) in [5.41, 5.74) is 0. The Bertz CT molecular complexity index is 364. The highest BCUT2D eigenvalue weighted by atomic mass is 35.5. The molecule has 15 heavy (non-hydrogen) atoms. The summed E-state index contributed by atoms with van der Waals surface area (Å²) in [6.45, 7) is 2.30. The molecule has 3 rings (SSSR count). The summed E-state index contributed by atoms with van der Waals surface area (Å²) in [6, 6.07) is 0.652. The first-order chi connectivity index (χ1) is 7.29. The minimum atomic E-state index is 0.492. The fraction of sp³-hybridized carbons (Fsp3) is 0.818. The Labute approximate surface area is 94.8 Å². The van der Waals surface area contributed by atoms with Gasteiger partial charge in [-0.15, -0.1) is 21.8 Å². The number of hydrogen-bond donors (Lipinski definition) is 0. The first kappa shape index (κ1) is 9.64. The number of nitrogens with zero attached hydrogens (tertiary/aromatic N) is 3. The maximum atomic E-state index is 5.89. The van der Waals surface area contributed by atoms with Gasteiger partial charge in [0.25, 0.3) is 0 Å². The molecular weight excluding hydrogens is 210 g/mol. The van der Waals surface area contributed by atoms with Gasteiger partial charge in [0.1, 0.15) is 11.6 Å². The largest absolute Gasteiger partial charge is 0.311 e. The van der Waals surface area contributed by atoms with Crippen molar-refractivity contribution in [1.29, 1.82) is 0 Å². The summed E-state index contributed by atoms with van der Waals surface area (Å²) in [4.78, 5) is 0. The summed E-state index contributed by atoms with van der Waals surface area (Å²) in [5, 5.41) is 8.54. The van der Waals surface area contributed by atoms with Crippen molar-refractivity contribution < 1.29 is 0 Å². The van der Waals surface area contributed by atoms with E-state index in [4.69, 9.17) is 11.6 Å². The lowest BCUT2D eigenvalue weighted by molar-refractivity contribution is 0.270. The third kappa shape index (κ3) is 1.57.